The second-order valence-corrected chi connectivity index (χ2v) is 4.27. The maximum absolute atomic E-state index is 11.5. The van der Waals surface area contributed by atoms with E-state index in [1.165, 1.54) is 0 Å². The van der Waals surface area contributed by atoms with Crippen molar-refractivity contribution in [3.63, 3.8) is 0 Å². The Hall–Kier alpha value is -1.08. The molecule has 0 radical (unpaired) electrons. The van der Waals surface area contributed by atoms with Crippen LogP contribution in [-0.2, 0) is 9.53 Å². The van der Waals surface area contributed by atoms with Crippen molar-refractivity contribution in [2.75, 3.05) is 26.8 Å². The third-order valence-electron chi connectivity index (χ3n) is 2.28. The third kappa shape index (κ3) is 8.25. The van der Waals surface area contributed by atoms with E-state index in [2.05, 4.69) is 13.8 Å². The van der Waals surface area contributed by atoms with Crippen molar-refractivity contribution in [2.45, 2.75) is 33.1 Å². The fourth-order valence-electron chi connectivity index (χ4n) is 1.11. The lowest BCUT2D eigenvalue weighted by Gasteiger charge is -2.15. The van der Waals surface area contributed by atoms with Crippen molar-refractivity contribution < 1.29 is 9.53 Å². The minimum atomic E-state index is 0.0415. The Kier molecular flexibility index (Phi) is 8.55. The van der Waals surface area contributed by atoms with Gasteiger partial charge >= 0.3 is 0 Å². The average Bonchev–Trinajstić information content (AvgIpc) is 2.24. The van der Waals surface area contributed by atoms with Crippen molar-refractivity contribution in [3.8, 4) is 6.07 Å². The van der Waals surface area contributed by atoms with Gasteiger partial charge in [0.25, 0.3) is 0 Å². The molecule has 4 nitrogen and oxygen atoms in total. The van der Waals surface area contributed by atoms with Crippen molar-refractivity contribution in [2.24, 2.45) is 5.92 Å². The molecule has 0 N–H and O–H groups in total. The molecule has 0 aromatic rings. The molecule has 0 saturated carbocycles. The number of rotatable bonds is 8. The highest BCUT2D eigenvalue weighted by atomic mass is 16.5. The molecule has 0 aliphatic rings. The highest BCUT2D eigenvalue weighted by Gasteiger charge is 2.07. The zero-order valence-corrected chi connectivity index (χ0v) is 10.5. The van der Waals surface area contributed by atoms with Gasteiger partial charge in [0.05, 0.1) is 25.5 Å². The van der Waals surface area contributed by atoms with E-state index < -0.39 is 0 Å². The monoisotopic (exact) mass is 226 g/mol. The molecule has 0 aromatic carbocycles. The van der Waals surface area contributed by atoms with Crippen LogP contribution in [0, 0.1) is 17.2 Å². The summed E-state index contributed by atoms with van der Waals surface area (Å²) in [5, 5.41) is 8.38. The van der Waals surface area contributed by atoms with E-state index in [9.17, 15) is 4.79 Å². The Bertz CT molecular complexity index is 234. The summed E-state index contributed by atoms with van der Waals surface area (Å²) < 4.78 is 5.36. The van der Waals surface area contributed by atoms with E-state index in [4.69, 9.17) is 10.00 Å². The lowest BCUT2D eigenvalue weighted by atomic mass is 10.1. The molecule has 0 rings (SSSR count). The summed E-state index contributed by atoms with van der Waals surface area (Å²) in [5.41, 5.74) is 0. The van der Waals surface area contributed by atoms with Gasteiger partial charge in [-0.2, -0.15) is 5.26 Å². The topological polar surface area (TPSA) is 53.3 Å². The maximum Gasteiger partial charge on any atom is 0.224 e. The van der Waals surface area contributed by atoms with Gasteiger partial charge < -0.3 is 9.64 Å². The molecule has 0 aromatic heterocycles. The number of nitrogens with zero attached hydrogens (tertiary/aromatic N) is 2. The van der Waals surface area contributed by atoms with Crippen LogP contribution in [-0.4, -0.2) is 37.6 Å². The zero-order valence-electron chi connectivity index (χ0n) is 10.5. The van der Waals surface area contributed by atoms with E-state index in [1.54, 1.807) is 11.9 Å². The minimum absolute atomic E-state index is 0.0415. The summed E-state index contributed by atoms with van der Waals surface area (Å²) in [4.78, 5) is 13.1. The first kappa shape index (κ1) is 14.9. The van der Waals surface area contributed by atoms with Gasteiger partial charge in [-0.05, 0) is 12.3 Å². The molecule has 16 heavy (non-hydrogen) atoms. The molecule has 0 aliphatic heterocycles. The smallest absolute Gasteiger partial charge is 0.224 e. The van der Waals surface area contributed by atoms with Crippen molar-refractivity contribution >= 4 is 5.91 Å². The van der Waals surface area contributed by atoms with Crippen LogP contribution >= 0.6 is 0 Å². The molecule has 0 heterocycles. The molecular weight excluding hydrogens is 204 g/mol. The molecule has 0 saturated heterocycles. The summed E-state index contributed by atoms with van der Waals surface area (Å²) in [6, 6.07) is 2.02. The molecule has 0 atom stereocenters. The van der Waals surface area contributed by atoms with Gasteiger partial charge in [0.2, 0.25) is 5.91 Å². The van der Waals surface area contributed by atoms with Crippen LogP contribution in [0.2, 0.25) is 0 Å². The second-order valence-electron chi connectivity index (χ2n) is 4.27. The Morgan fingerprint density at radius 2 is 2.12 bits per heavy atom. The first-order valence-electron chi connectivity index (χ1n) is 5.76. The third-order valence-corrected chi connectivity index (χ3v) is 2.28. The largest absolute Gasteiger partial charge is 0.381 e. The number of nitriles is 1. The van der Waals surface area contributed by atoms with E-state index in [0.717, 1.165) is 6.42 Å². The minimum Gasteiger partial charge on any atom is -0.381 e. The number of carbonyl (C=O) groups excluding carboxylic acids is 1. The van der Waals surface area contributed by atoms with E-state index in [0.29, 0.717) is 38.5 Å². The fourth-order valence-corrected chi connectivity index (χ4v) is 1.11. The van der Waals surface area contributed by atoms with Crippen LogP contribution in [0.15, 0.2) is 0 Å². The van der Waals surface area contributed by atoms with Crippen LogP contribution < -0.4 is 0 Å². The SMILES string of the molecule is CC(C)CCOCCC(=O)N(C)CCC#N. The van der Waals surface area contributed by atoms with E-state index in [-0.39, 0.29) is 5.91 Å². The molecular formula is C12H22N2O2. The Morgan fingerprint density at radius 3 is 2.69 bits per heavy atom. The van der Waals surface area contributed by atoms with Crippen molar-refractivity contribution in [3.05, 3.63) is 0 Å². The highest BCUT2D eigenvalue weighted by Crippen LogP contribution is 2.00. The van der Waals surface area contributed by atoms with Gasteiger partial charge in [-0.1, -0.05) is 13.8 Å². The summed E-state index contributed by atoms with van der Waals surface area (Å²) in [6.07, 6.45) is 1.81. The molecule has 1 amide bonds. The van der Waals surface area contributed by atoms with Gasteiger partial charge in [0, 0.05) is 20.2 Å². The predicted octanol–water partition coefficient (Wildman–Crippen LogP) is 1.81. The summed E-state index contributed by atoms with van der Waals surface area (Å²) in [6.45, 7) is 5.98. The average molecular weight is 226 g/mol. The summed E-state index contributed by atoms with van der Waals surface area (Å²) >= 11 is 0. The quantitative estimate of drug-likeness (QED) is 0.593. The summed E-state index contributed by atoms with van der Waals surface area (Å²) in [5.74, 6) is 0.675. The van der Waals surface area contributed by atoms with E-state index >= 15 is 0 Å². The molecule has 0 unspecified atom stereocenters. The van der Waals surface area contributed by atoms with Crippen LogP contribution in [0.3, 0.4) is 0 Å². The van der Waals surface area contributed by atoms with Crippen LogP contribution in [0.5, 0.6) is 0 Å². The Morgan fingerprint density at radius 1 is 1.44 bits per heavy atom. The Labute approximate surface area is 98.2 Å². The lowest BCUT2D eigenvalue weighted by molar-refractivity contribution is -0.131. The zero-order chi connectivity index (χ0) is 12.4. The second kappa shape index (κ2) is 9.17. The van der Waals surface area contributed by atoms with Gasteiger partial charge in [-0.15, -0.1) is 0 Å². The number of amides is 1. The van der Waals surface area contributed by atoms with Gasteiger partial charge in [-0.3, -0.25) is 4.79 Å². The maximum atomic E-state index is 11.5. The number of ether oxygens (including phenoxy) is 1. The normalized spacial score (nSPS) is 10.2. The van der Waals surface area contributed by atoms with Crippen LogP contribution in [0.1, 0.15) is 33.1 Å². The molecule has 0 aliphatic carbocycles. The molecule has 0 bridgehead atoms. The number of hydrogen-bond acceptors (Lipinski definition) is 3. The van der Waals surface area contributed by atoms with Gasteiger partial charge in [-0.25, -0.2) is 0 Å². The standard InChI is InChI=1S/C12H22N2O2/c1-11(2)5-9-16-10-6-12(15)14(3)8-4-7-13/h11H,4-6,8-10H2,1-3H3. The van der Waals surface area contributed by atoms with Crippen molar-refractivity contribution in [1.82, 2.24) is 4.90 Å². The molecule has 92 valence electrons. The lowest BCUT2D eigenvalue weighted by Crippen LogP contribution is -2.28. The molecule has 0 fully saturated rings. The van der Waals surface area contributed by atoms with Crippen LogP contribution in [0.25, 0.3) is 0 Å². The summed E-state index contributed by atoms with van der Waals surface area (Å²) in [7, 11) is 1.72. The first-order valence-corrected chi connectivity index (χ1v) is 5.76. The predicted molar refractivity (Wildman–Crippen MR) is 62.8 cm³/mol. The van der Waals surface area contributed by atoms with E-state index in [1.807, 2.05) is 6.07 Å². The van der Waals surface area contributed by atoms with Crippen molar-refractivity contribution in [1.29, 1.82) is 5.26 Å². The first-order chi connectivity index (χ1) is 7.57. The number of carbonyl (C=O) groups is 1. The van der Waals surface area contributed by atoms with Gasteiger partial charge in [0.15, 0.2) is 0 Å². The number of hydrogen-bond donors (Lipinski definition) is 0. The fraction of sp³-hybridized carbons (Fsp3) is 0.833. The molecule has 4 heteroatoms. The van der Waals surface area contributed by atoms with Crippen LogP contribution in [0.4, 0.5) is 0 Å². The van der Waals surface area contributed by atoms with Gasteiger partial charge in [0.1, 0.15) is 0 Å². The highest BCUT2D eigenvalue weighted by molar-refractivity contribution is 5.75. The molecule has 0 spiro atoms. The Balaban J connectivity index is 3.46.